The van der Waals surface area contributed by atoms with Crippen molar-refractivity contribution in [3.05, 3.63) is 40.2 Å². The van der Waals surface area contributed by atoms with E-state index in [1.54, 1.807) is 14.2 Å². The van der Waals surface area contributed by atoms with Gasteiger partial charge in [0.25, 0.3) is 5.56 Å². The number of hydrogen-bond acceptors (Lipinski definition) is 6. The average molecular weight is 449 g/mol. The van der Waals surface area contributed by atoms with Crippen molar-refractivity contribution in [1.29, 1.82) is 0 Å². The first-order valence-corrected chi connectivity index (χ1v) is 11.0. The molecule has 0 aliphatic carbocycles. The zero-order valence-electron chi connectivity index (χ0n) is 18.3. The SMILES string of the molecule is COCCNC(=S)N(CCCN1CCOCC1)Cc1cc2ccc(OC)cc2[nH]c1=O. The first-order valence-electron chi connectivity index (χ1n) is 10.6. The molecular weight excluding hydrogens is 416 g/mol. The monoisotopic (exact) mass is 448 g/mol. The molecule has 8 nitrogen and oxygen atoms in total. The fourth-order valence-electron chi connectivity index (χ4n) is 3.61. The first kappa shape index (κ1) is 23.5. The van der Waals surface area contributed by atoms with Gasteiger partial charge in [-0.25, -0.2) is 0 Å². The Balaban J connectivity index is 1.70. The van der Waals surface area contributed by atoms with E-state index in [2.05, 4.69) is 20.1 Å². The minimum Gasteiger partial charge on any atom is -0.497 e. The number of ether oxygens (including phenoxy) is 3. The van der Waals surface area contributed by atoms with Gasteiger partial charge >= 0.3 is 0 Å². The predicted octanol–water partition coefficient (Wildman–Crippen LogP) is 1.58. The van der Waals surface area contributed by atoms with Crippen molar-refractivity contribution in [2.45, 2.75) is 13.0 Å². The van der Waals surface area contributed by atoms with Crippen molar-refractivity contribution in [3.8, 4) is 5.75 Å². The van der Waals surface area contributed by atoms with Crippen LogP contribution in [0, 0.1) is 0 Å². The van der Waals surface area contributed by atoms with E-state index in [-0.39, 0.29) is 5.56 Å². The summed E-state index contributed by atoms with van der Waals surface area (Å²) >= 11 is 5.63. The van der Waals surface area contributed by atoms with Crippen molar-refractivity contribution in [2.24, 2.45) is 0 Å². The van der Waals surface area contributed by atoms with Gasteiger partial charge in [0.2, 0.25) is 0 Å². The van der Waals surface area contributed by atoms with Gasteiger partial charge in [-0.1, -0.05) is 0 Å². The van der Waals surface area contributed by atoms with Gasteiger partial charge in [0.05, 0.1) is 39.0 Å². The number of nitrogens with zero attached hydrogens (tertiary/aromatic N) is 2. The Bertz CT molecular complexity index is 914. The maximum atomic E-state index is 12.7. The van der Waals surface area contributed by atoms with Crippen LogP contribution >= 0.6 is 12.2 Å². The lowest BCUT2D eigenvalue weighted by Gasteiger charge is -2.29. The molecule has 2 N–H and O–H groups in total. The molecule has 1 saturated heterocycles. The summed E-state index contributed by atoms with van der Waals surface area (Å²) in [6, 6.07) is 7.60. The summed E-state index contributed by atoms with van der Waals surface area (Å²) in [6.07, 6.45) is 0.953. The molecule has 0 amide bonds. The third-order valence-electron chi connectivity index (χ3n) is 5.37. The third-order valence-corrected chi connectivity index (χ3v) is 5.77. The quantitative estimate of drug-likeness (QED) is 0.419. The Kier molecular flexibility index (Phi) is 9.08. The Morgan fingerprint density at radius 2 is 2.10 bits per heavy atom. The van der Waals surface area contributed by atoms with E-state index in [0.29, 0.717) is 36.1 Å². The van der Waals surface area contributed by atoms with Crippen molar-refractivity contribution in [3.63, 3.8) is 0 Å². The van der Waals surface area contributed by atoms with Gasteiger partial charge in [-0.3, -0.25) is 9.69 Å². The number of fused-ring (bicyclic) bond motifs is 1. The van der Waals surface area contributed by atoms with Crippen molar-refractivity contribution < 1.29 is 14.2 Å². The third kappa shape index (κ3) is 6.90. The number of H-pyrrole nitrogens is 1. The fraction of sp³-hybridized carbons (Fsp3) is 0.545. The highest BCUT2D eigenvalue weighted by Crippen LogP contribution is 2.19. The Morgan fingerprint density at radius 3 is 2.84 bits per heavy atom. The highest BCUT2D eigenvalue weighted by molar-refractivity contribution is 7.80. The molecule has 2 aromatic rings. The van der Waals surface area contributed by atoms with Gasteiger partial charge in [0.15, 0.2) is 5.11 Å². The van der Waals surface area contributed by atoms with Crippen LogP contribution in [0.15, 0.2) is 29.1 Å². The van der Waals surface area contributed by atoms with Crippen LogP contribution in [0.5, 0.6) is 5.75 Å². The van der Waals surface area contributed by atoms with Crippen LogP contribution in [-0.2, 0) is 16.0 Å². The molecule has 1 aliphatic heterocycles. The van der Waals surface area contributed by atoms with E-state index in [4.69, 9.17) is 26.4 Å². The molecular formula is C22H32N4O4S. The number of rotatable bonds is 10. The Morgan fingerprint density at radius 1 is 1.29 bits per heavy atom. The molecule has 0 radical (unpaired) electrons. The number of thiocarbonyl (C=S) groups is 1. The van der Waals surface area contributed by atoms with Gasteiger partial charge < -0.3 is 29.4 Å². The summed E-state index contributed by atoms with van der Waals surface area (Å²) in [6.45, 7) is 6.89. The summed E-state index contributed by atoms with van der Waals surface area (Å²) in [5.41, 5.74) is 1.33. The van der Waals surface area contributed by atoms with Gasteiger partial charge in [0, 0.05) is 51.5 Å². The topological polar surface area (TPSA) is 79.1 Å². The molecule has 31 heavy (non-hydrogen) atoms. The molecule has 2 heterocycles. The zero-order valence-corrected chi connectivity index (χ0v) is 19.1. The molecule has 0 atom stereocenters. The van der Waals surface area contributed by atoms with Gasteiger partial charge in [0.1, 0.15) is 5.75 Å². The molecule has 9 heteroatoms. The smallest absolute Gasteiger partial charge is 0.253 e. The van der Waals surface area contributed by atoms with E-state index < -0.39 is 0 Å². The summed E-state index contributed by atoms with van der Waals surface area (Å²) in [4.78, 5) is 20.2. The van der Waals surface area contributed by atoms with Crippen molar-refractivity contribution in [1.82, 2.24) is 20.1 Å². The van der Waals surface area contributed by atoms with Gasteiger partial charge in [-0.15, -0.1) is 0 Å². The van der Waals surface area contributed by atoms with Crippen LogP contribution in [-0.4, -0.2) is 86.7 Å². The second kappa shape index (κ2) is 12.0. The Hall–Kier alpha value is -2.20. The average Bonchev–Trinajstić information content (AvgIpc) is 2.79. The lowest BCUT2D eigenvalue weighted by atomic mass is 10.1. The number of morpholine rings is 1. The van der Waals surface area contributed by atoms with E-state index in [9.17, 15) is 4.79 Å². The number of hydrogen-bond donors (Lipinski definition) is 2. The molecule has 1 fully saturated rings. The van der Waals surface area contributed by atoms with Crippen LogP contribution in [0.2, 0.25) is 0 Å². The number of nitrogens with one attached hydrogen (secondary N) is 2. The second-order valence-electron chi connectivity index (χ2n) is 7.53. The van der Waals surface area contributed by atoms with Crippen LogP contribution in [0.4, 0.5) is 0 Å². The Labute approximate surface area is 188 Å². The molecule has 0 spiro atoms. The van der Waals surface area contributed by atoms with Crippen molar-refractivity contribution in [2.75, 3.05) is 66.8 Å². The molecule has 3 rings (SSSR count). The number of aromatic amines is 1. The molecule has 1 aromatic heterocycles. The normalized spacial score (nSPS) is 14.5. The van der Waals surface area contributed by atoms with E-state index in [1.165, 1.54) is 0 Å². The van der Waals surface area contributed by atoms with Crippen LogP contribution < -0.4 is 15.6 Å². The number of pyridine rings is 1. The molecule has 0 bridgehead atoms. The molecule has 0 unspecified atom stereocenters. The molecule has 1 aliphatic rings. The van der Waals surface area contributed by atoms with Crippen molar-refractivity contribution >= 4 is 28.2 Å². The molecule has 170 valence electrons. The fourth-order valence-corrected chi connectivity index (χ4v) is 3.87. The largest absolute Gasteiger partial charge is 0.497 e. The lowest BCUT2D eigenvalue weighted by Crippen LogP contribution is -2.43. The number of aromatic nitrogens is 1. The summed E-state index contributed by atoms with van der Waals surface area (Å²) in [5.74, 6) is 0.712. The first-order chi connectivity index (χ1) is 15.1. The van der Waals surface area contributed by atoms with Gasteiger partial charge in [-0.05, 0) is 42.2 Å². The number of methoxy groups -OCH3 is 2. The van der Waals surface area contributed by atoms with E-state index in [1.807, 2.05) is 24.3 Å². The van der Waals surface area contributed by atoms with Crippen LogP contribution in [0.25, 0.3) is 10.9 Å². The van der Waals surface area contributed by atoms with Gasteiger partial charge in [-0.2, -0.15) is 0 Å². The summed E-state index contributed by atoms with van der Waals surface area (Å²) in [5, 5.41) is 4.83. The lowest BCUT2D eigenvalue weighted by molar-refractivity contribution is 0.0367. The predicted molar refractivity (Wildman–Crippen MR) is 126 cm³/mol. The highest BCUT2D eigenvalue weighted by Gasteiger charge is 2.15. The van der Waals surface area contributed by atoms with E-state index in [0.717, 1.165) is 56.7 Å². The standard InChI is InChI=1S/C22H32N4O4S/c1-28-11-6-23-22(31)26(8-3-7-25-9-12-30-13-10-25)16-18-14-17-4-5-19(29-2)15-20(17)24-21(18)27/h4-5,14-15H,3,6-13,16H2,1-2H3,(H,23,31)(H,24,27). The summed E-state index contributed by atoms with van der Waals surface area (Å²) < 4.78 is 15.8. The van der Waals surface area contributed by atoms with E-state index >= 15 is 0 Å². The maximum absolute atomic E-state index is 12.7. The molecule has 0 saturated carbocycles. The number of benzene rings is 1. The second-order valence-corrected chi connectivity index (χ2v) is 7.92. The van der Waals surface area contributed by atoms with Crippen LogP contribution in [0.1, 0.15) is 12.0 Å². The zero-order chi connectivity index (χ0) is 22.1. The minimum absolute atomic E-state index is 0.112. The molecule has 1 aromatic carbocycles. The highest BCUT2D eigenvalue weighted by atomic mass is 32.1. The maximum Gasteiger partial charge on any atom is 0.253 e. The minimum atomic E-state index is -0.112. The summed E-state index contributed by atoms with van der Waals surface area (Å²) in [7, 11) is 3.27. The van der Waals surface area contributed by atoms with Crippen LogP contribution in [0.3, 0.4) is 0 Å².